The number of aliphatic hydroxyl groups is 3. The van der Waals surface area contributed by atoms with Gasteiger partial charge in [-0.05, 0) is 92.9 Å². The molecule has 4 aliphatic carbocycles. The molecule has 0 radical (unpaired) electrons. The van der Waals surface area contributed by atoms with Gasteiger partial charge in [0.1, 0.15) is 12.4 Å². The number of fused-ring (bicyclic) bond motifs is 5. The number of aromatic hydroxyl groups is 1. The van der Waals surface area contributed by atoms with E-state index in [4.69, 9.17) is 4.74 Å². The molecule has 1 amide bonds. The lowest BCUT2D eigenvalue weighted by Crippen LogP contribution is -2.68. The van der Waals surface area contributed by atoms with E-state index >= 15 is 0 Å². The maximum atomic E-state index is 12.9. The lowest BCUT2D eigenvalue weighted by atomic mass is 9.41. The Hall–Kier alpha value is -2.27. The summed E-state index contributed by atoms with van der Waals surface area (Å²) < 4.78 is 5.86. The number of phenolic OH excluding ortho intramolecular Hbond substituents is 1. The van der Waals surface area contributed by atoms with Gasteiger partial charge >= 0.3 is 5.97 Å². The molecule has 4 fully saturated rings. The largest absolute Gasteiger partial charge is 0.507 e. The molecule has 1 aliphatic heterocycles. The van der Waals surface area contributed by atoms with E-state index in [0.717, 1.165) is 18.4 Å². The molecule has 1 aromatic carbocycles. The zero-order valence-electron chi connectivity index (χ0n) is 22.6. The number of hydrazone groups is 1. The van der Waals surface area contributed by atoms with Gasteiger partial charge in [0.25, 0.3) is 5.91 Å². The first kappa shape index (κ1) is 27.9. The van der Waals surface area contributed by atoms with Gasteiger partial charge in [0.2, 0.25) is 0 Å². The zero-order chi connectivity index (χ0) is 28.5. The number of benzene rings is 1. The summed E-state index contributed by atoms with van der Waals surface area (Å²) in [7, 11) is 0. The van der Waals surface area contributed by atoms with Crippen LogP contribution in [0.4, 0.5) is 0 Å². The van der Waals surface area contributed by atoms with Gasteiger partial charge < -0.3 is 25.2 Å². The third-order valence-corrected chi connectivity index (χ3v) is 11.8. The van der Waals surface area contributed by atoms with Crippen molar-refractivity contribution in [2.75, 3.05) is 6.61 Å². The molecule has 216 valence electrons. The average molecular weight is 618 g/mol. The van der Waals surface area contributed by atoms with Crippen molar-refractivity contribution in [1.29, 1.82) is 0 Å². The molecule has 4 saturated carbocycles. The Morgan fingerprint density at radius 2 is 1.90 bits per heavy atom. The molecule has 9 nitrogen and oxygen atoms in total. The number of aliphatic hydroxyl groups excluding tert-OH is 1. The number of hydrogen-bond acceptors (Lipinski definition) is 8. The van der Waals surface area contributed by atoms with Crippen molar-refractivity contribution in [3.05, 3.63) is 39.9 Å². The zero-order valence-corrected chi connectivity index (χ0v) is 24.2. The highest BCUT2D eigenvalue weighted by atomic mass is 79.9. The highest BCUT2D eigenvalue weighted by Crippen LogP contribution is 2.70. The Morgan fingerprint density at radius 1 is 1.12 bits per heavy atom. The molecule has 0 saturated heterocycles. The number of phenols is 1. The summed E-state index contributed by atoms with van der Waals surface area (Å²) in [5, 5.41) is 49.7. The summed E-state index contributed by atoms with van der Waals surface area (Å²) in [4.78, 5) is 24.7. The number of nitrogens with one attached hydrogen (secondary N) is 1. The molecule has 40 heavy (non-hydrogen) atoms. The van der Waals surface area contributed by atoms with Crippen molar-refractivity contribution in [3.8, 4) is 5.75 Å². The third-order valence-electron chi connectivity index (χ3n) is 11.3. The van der Waals surface area contributed by atoms with E-state index in [0.29, 0.717) is 43.0 Å². The number of carbonyl (C=O) groups is 2. The van der Waals surface area contributed by atoms with E-state index in [2.05, 4.69) is 33.4 Å². The maximum Gasteiger partial charge on any atom is 0.331 e. The fourth-order valence-electron chi connectivity index (χ4n) is 9.32. The molecule has 6 rings (SSSR count). The number of halogens is 1. The highest BCUT2D eigenvalue weighted by Gasteiger charge is 2.71. The second-order valence-electron chi connectivity index (χ2n) is 12.9. The Kier molecular flexibility index (Phi) is 6.72. The van der Waals surface area contributed by atoms with Gasteiger partial charge in [-0.25, -0.2) is 10.2 Å². The molecule has 10 heteroatoms. The molecule has 1 aromatic rings. The SMILES string of the molecule is CC12CC[C@H]3[C@@H](CCC4(O)C[C@H](O)CCC34/C=N/NC(=O)c3cc(Br)ccc3O)C1(O)CCC2C1=CC(=O)OC1. The molecule has 1 heterocycles. The minimum Gasteiger partial charge on any atom is -0.507 e. The second kappa shape index (κ2) is 9.64. The number of cyclic esters (lactones) is 1. The average Bonchev–Trinajstić information content (AvgIpc) is 3.45. The van der Waals surface area contributed by atoms with Crippen LogP contribution >= 0.6 is 15.9 Å². The van der Waals surface area contributed by atoms with Gasteiger partial charge in [0.15, 0.2) is 0 Å². The predicted octanol–water partition coefficient (Wildman–Crippen LogP) is 3.58. The van der Waals surface area contributed by atoms with Crippen LogP contribution in [0.3, 0.4) is 0 Å². The molecule has 5 N–H and O–H groups in total. The topological polar surface area (TPSA) is 149 Å². The number of ether oxygens (including phenoxy) is 1. The number of esters is 1. The summed E-state index contributed by atoms with van der Waals surface area (Å²) in [5.41, 5.74) is 0.0831. The van der Waals surface area contributed by atoms with Crippen LogP contribution in [0.1, 0.15) is 75.1 Å². The summed E-state index contributed by atoms with van der Waals surface area (Å²) in [5.74, 6) is -1.22. The standard InChI is InChI=1S/C30H37BrN2O7/c1-27-8-5-22-23(30(27,39)11-7-21(27)17-12-25(36)40-15-17)6-10-29(38)14-19(34)4-9-28(22,29)16-32-33-26(37)20-13-18(31)2-3-24(20)35/h2-3,12-13,16,19,21-23,34-35,38-39H,4-11,14-15H2,1H3,(H,33,37)/b32-16+/t19-,21?,22+,23-,27?,28?,29?,30?/m1/s1. The van der Waals surface area contributed by atoms with Crippen molar-refractivity contribution in [3.63, 3.8) is 0 Å². The molecule has 0 bridgehead atoms. The van der Waals surface area contributed by atoms with Gasteiger partial charge in [-0.1, -0.05) is 22.9 Å². The monoisotopic (exact) mass is 616 g/mol. The minimum atomic E-state index is -1.23. The fourth-order valence-corrected chi connectivity index (χ4v) is 9.68. The summed E-state index contributed by atoms with van der Waals surface area (Å²) in [6.45, 7) is 2.42. The van der Waals surface area contributed by atoms with Crippen molar-refractivity contribution in [2.24, 2.45) is 33.7 Å². The number of hydrogen-bond donors (Lipinski definition) is 5. The first-order valence-electron chi connectivity index (χ1n) is 14.3. The third kappa shape index (κ3) is 4.01. The van der Waals surface area contributed by atoms with E-state index in [1.165, 1.54) is 12.1 Å². The Labute approximate surface area is 241 Å². The first-order chi connectivity index (χ1) is 18.9. The Balaban J connectivity index is 1.32. The molecule has 8 atom stereocenters. The molecule has 5 aliphatic rings. The van der Waals surface area contributed by atoms with Crippen LogP contribution in [0.15, 0.2) is 39.4 Å². The molecule has 0 spiro atoms. The quantitative estimate of drug-likeness (QED) is 0.197. The molecule has 5 unspecified atom stereocenters. The number of rotatable bonds is 4. The first-order valence-corrected chi connectivity index (χ1v) is 15.0. The maximum absolute atomic E-state index is 12.9. The van der Waals surface area contributed by atoms with Gasteiger partial charge in [-0.15, -0.1) is 0 Å². The van der Waals surface area contributed by atoms with Crippen LogP contribution < -0.4 is 5.43 Å². The van der Waals surface area contributed by atoms with Crippen molar-refractivity contribution in [2.45, 2.75) is 82.0 Å². The normalized spacial score (nSPS) is 42.5. The van der Waals surface area contributed by atoms with Crippen LogP contribution in [0.25, 0.3) is 0 Å². The molecule has 0 aromatic heterocycles. The van der Waals surface area contributed by atoms with Gasteiger partial charge in [-0.2, -0.15) is 5.10 Å². The van der Waals surface area contributed by atoms with Crippen molar-refractivity contribution < 1.29 is 34.8 Å². The minimum absolute atomic E-state index is 0.0562. The van der Waals surface area contributed by atoms with Crippen LogP contribution in [-0.2, 0) is 9.53 Å². The van der Waals surface area contributed by atoms with Gasteiger partial charge in [0, 0.05) is 34.0 Å². The number of nitrogens with zero attached hydrogens (tertiary/aromatic N) is 1. The highest BCUT2D eigenvalue weighted by molar-refractivity contribution is 9.10. The molecular formula is C30H37BrN2O7. The lowest BCUT2D eigenvalue weighted by Gasteiger charge is -2.65. The Morgan fingerprint density at radius 3 is 2.65 bits per heavy atom. The summed E-state index contributed by atoms with van der Waals surface area (Å²) in [6, 6.07) is 4.56. The summed E-state index contributed by atoms with van der Waals surface area (Å²) in [6.07, 6.45) is 7.68. The lowest BCUT2D eigenvalue weighted by molar-refractivity contribution is -0.237. The van der Waals surface area contributed by atoms with Gasteiger partial charge in [-0.3, -0.25) is 4.79 Å². The van der Waals surface area contributed by atoms with Crippen LogP contribution in [0.2, 0.25) is 0 Å². The van der Waals surface area contributed by atoms with E-state index in [9.17, 15) is 30.0 Å². The fraction of sp³-hybridized carbons (Fsp3) is 0.633. The Bertz CT molecular complexity index is 1300. The van der Waals surface area contributed by atoms with E-state index in [1.807, 2.05) is 0 Å². The number of amides is 1. The smallest absolute Gasteiger partial charge is 0.331 e. The van der Waals surface area contributed by atoms with Crippen molar-refractivity contribution in [1.82, 2.24) is 5.43 Å². The summed E-state index contributed by atoms with van der Waals surface area (Å²) >= 11 is 3.31. The van der Waals surface area contributed by atoms with Crippen LogP contribution in [0.5, 0.6) is 5.75 Å². The number of carbonyl (C=O) groups excluding carboxylic acids is 2. The van der Waals surface area contributed by atoms with Crippen LogP contribution in [-0.4, -0.2) is 62.4 Å². The van der Waals surface area contributed by atoms with Crippen molar-refractivity contribution >= 4 is 34.0 Å². The molecular weight excluding hydrogens is 580 g/mol. The van der Waals surface area contributed by atoms with Crippen LogP contribution in [0, 0.1) is 28.6 Å². The van der Waals surface area contributed by atoms with Gasteiger partial charge in [0.05, 0.1) is 22.9 Å². The predicted molar refractivity (Wildman–Crippen MR) is 149 cm³/mol. The second-order valence-corrected chi connectivity index (χ2v) is 13.8. The van der Waals surface area contributed by atoms with E-state index in [-0.39, 0.29) is 48.1 Å². The van der Waals surface area contributed by atoms with E-state index < -0.39 is 34.0 Å². The van der Waals surface area contributed by atoms with E-state index in [1.54, 1.807) is 18.4 Å².